The molecule has 0 atom stereocenters. The summed E-state index contributed by atoms with van der Waals surface area (Å²) in [6.45, 7) is 0.614. The summed E-state index contributed by atoms with van der Waals surface area (Å²) in [7, 11) is 5.86. The van der Waals surface area contributed by atoms with Crippen molar-refractivity contribution in [3.05, 3.63) is 65.7 Å². The zero-order valence-corrected chi connectivity index (χ0v) is 11.8. The zero-order valence-electron chi connectivity index (χ0n) is 9.60. The van der Waals surface area contributed by atoms with Crippen LogP contribution in [0.25, 0.3) is 0 Å². The quantitative estimate of drug-likeness (QED) is 0.743. The smallest absolute Gasteiger partial charge is 0.489 e. The average Bonchev–Trinajstić information content (AvgIpc) is 2.39. The zero-order chi connectivity index (χ0) is 11.9. The standard InChI is InChI=1S/C14H13O.ClH.Mg/c1-12-6-5-9-14(10-12)15-11-13-7-3-2-4-8-13;;/h2-10H,1,11H2;1H;/q;;+1/p-1. The Morgan fingerprint density at radius 2 is 1.71 bits per heavy atom. The van der Waals surface area contributed by atoms with Gasteiger partial charge in [-0.25, -0.2) is 0 Å². The maximum absolute atomic E-state index is 5.86. The Bertz CT molecular complexity index is 459. The Labute approximate surface area is 115 Å². The van der Waals surface area contributed by atoms with Crippen molar-refractivity contribution >= 4 is 28.3 Å². The molecule has 0 saturated heterocycles. The van der Waals surface area contributed by atoms with Gasteiger partial charge in [0.25, 0.3) is 0 Å². The predicted octanol–water partition coefficient (Wildman–Crippen LogP) is 3.62. The molecule has 0 unspecified atom stereocenters. The number of rotatable bonds is 5. The largest absolute Gasteiger partial charge is 0.505 e. The van der Waals surface area contributed by atoms with Crippen LogP contribution in [0.2, 0.25) is 0 Å². The van der Waals surface area contributed by atoms with Crippen molar-refractivity contribution in [2.24, 2.45) is 0 Å². The van der Waals surface area contributed by atoms with Crippen molar-refractivity contribution in [2.75, 3.05) is 0 Å². The number of benzene rings is 2. The van der Waals surface area contributed by atoms with Gasteiger partial charge in [0, 0.05) is 0 Å². The van der Waals surface area contributed by atoms with Crippen molar-refractivity contribution in [3.63, 3.8) is 0 Å². The van der Waals surface area contributed by atoms with Gasteiger partial charge in [-0.1, -0.05) is 52.6 Å². The van der Waals surface area contributed by atoms with Gasteiger partial charge in [0.2, 0.25) is 0 Å². The van der Waals surface area contributed by atoms with Crippen LogP contribution in [0.15, 0.2) is 54.6 Å². The molecule has 0 aliphatic carbocycles. The molecular formula is C14H13ClMgO. The number of halogens is 1. The van der Waals surface area contributed by atoms with E-state index in [0.717, 1.165) is 10.3 Å². The van der Waals surface area contributed by atoms with E-state index in [-0.39, 0.29) is 0 Å². The highest BCUT2D eigenvalue weighted by Gasteiger charge is 1.99. The third-order valence-electron chi connectivity index (χ3n) is 2.53. The van der Waals surface area contributed by atoms with Crippen molar-refractivity contribution in [1.29, 1.82) is 0 Å². The monoisotopic (exact) mass is 256 g/mol. The lowest BCUT2D eigenvalue weighted by Crippen LogP contribution is -1.96. The summed E-state index contributed by atoms with van der Waals surface area (Å²) in [5, 5.41) is 0. The first-order chi connectivity index (χ1) is 8.38. The molecular weight excluding hydrogens is 244 g/mol. The number of hydrogen-bond acceptors (Lipinski definition) is 1. The van der Waals surface area contributed by atoms with E-state index in [1.54, 1.807) is 0 Å². The van der Waals surface area contributed by atoms with Crippen molar-refractivity contribution < 1.29 is 4.74 Å². The van der Waals surface area contributed by atoms with Crippen LogP contribution < -0.4 is 4.74 Å². The number of ether oxygens (including phenoxy) is 1. The molecule has 0 N–H and O–H groups in total. The first-order valence-electron chi connectivity index (χ1n) is 5.70. The molecule has 3 heteroatoms. The normalized spacial score (nSPS) is 9.71. The topological polar surface area (TPSA) is 9.23 Å². The second kappa shape index (κ2) is 6.89. The molecule has 0 spiro atoms. The van der Waals surface area contributed by atoms with Gasteiger partial charge in [-0.05, 0) is 17.7 Å². The molecule has 1 nitrogen and oxygen atoms in total. The Morgan fingerprint density at radius 1 is 0.941 bits per heavy atom. The fourth-order valence-electron chi connectivity index (χ4n) is 1.64. The van der Waals surface area contributed by atoms with E-state index in [2.05, 4.69) is 24.3 Å². The van der Waals surface area contributed by atoms with Crippen molar-refractivity contribution in [1.82, 2.24) is 0 Å². The SMILES string of the molecule is [Cl][Mg][CH2]c1cccc(OCc2ccccc2)c1. The van der Waals surface area contributed by atoms with Gasteiger partial charge in [0.05, 0.1) is 0 Å². The van der Waals surface area contributed by atoms with Gasteiger partial charge in [-0.2, -0.15) is 0 Å². The third-order valence-corrected chi connectivity index (χ3v) is 3.86. The minimum Gasteiger partial charge on any atom is -0.489 e. The first-order valence-corrected chi connectivity index (χ1v) is 8.84. The molecule has 0 aromatic heterocycles. The Balaban J connectivity index is 1.97. The first kappa shape index (κ1) is 12.7. The van der Waals surface area contributed by atoms with E-state index in [4.69, 9.17) is 13.8 Å². The van der Waals surface area contributed by atoms with E-state index >= 15 is 0 Å². The Hall–Kier alpha value is -0.704. The summed E-state index contributed by atoms with van der Waals surface area (Å²) < 4.78 is 6.77. The fourth-order valence-corrected chi connectivity index (χ4v) is 2.82. The van der Waals surface area contributed by atoms with Crippen LogP contribution in [0.4, 0.5) is 0 Å². The maximum atomic E-state index is 5.86. The lowest BCUT2D eigenvalue weighted by atomic mass is 10.2. The third kappa shape index (κ3) is 4.23. The van der Waals surface area contributed by atoms with Crippen LogP contribution in [-0.4, -0.2) is 19.3 Å². The molecule has 0 aliphatic rings. The van der Waals surface area contributed by atoms with Gasteiger partial charge in [0.15, 0.2) is 0 Å². The summed E-state index contributed by atoms with van der Waals surface area (Å²) in [5.74, 6) is 0.922. The van der Waals surface area contributed by atoms with E-state index in [1.165, 1.54) is 11.1 Å². The summed E-state index contributed by atoms with van der Waals surface area (Å²) in [5.41, 5.74) is 2.46. The van der Waals surface area contributed by atoms with E-state index in [1.807, 2.05) is 30.3 Å². The van der Waals surface area contributed by atoms with Crippen LogP contribution in [0.1, 0.15) is 11.1 Å². The highest BCUT2D eigenvalue weighted by atomic mass is 35.5. The molecule has 0 fully saturated rings. The maximum Gasteiger partial charge on any atom is 0.505 e. The molecule has 17 heavy (non-hydrogen) atoms. The Kier molecular flexibility index (Phi) is 5.17. The molecule has 0 aliphatic heterocycles. The molecule has 2 aromatic carbocycles. The van der Waals surface area contributed by atoms with Gasteiger partial charge in [-0.3, -0.25) is 0 Å². The summed E-state index contributed by atoms with van der Waals surface area (Å²) in [4.78, 5) is 0. The highest BCUT2D eigenvalue weighted by molar-refractivity contribution is 6.93. The fraction of sp³-hybridized carbons (Fsp3) is 0.143. The molecule has 0 amide bonds. The van der Waals surface area contributed by atoms with Gasteiger partial charge in [0.1, 0.15) is 12.4 Å². The number of hydrogen-bond donors (Lipinski definition) is 0. The molecule has 84 valence electrons. The van der Waals surface area contributed by atoms with Crippen LogP contribution in [0.3, 0.4) is 0 Å². The van der Waals surface area contributed by atoms with E-state index < -0.39 is 19.3 Å². The summed E-state index contributed by atoms with van der Waals surface area (Å²) in [6.07, 6.45) is 0. The highest BCUT2D eigenvalue weighted by Crippen LogP contribution is 2.15. The molecule has 0 radical (unpaired) electrons. The Morgan fingerprint density at radius 3 is 2.47 bits per heavy atom. The molecule has 0 bridgehead atoms. The average molecular weight is 257 g/mol. The lowest BCUT2D eigenvalue weighted by molar-refractivity contribution is 0.306. The summed E-state index contributed by atoms with van der Waals surface area (Å²) in [6, 6.07) is 18.4. The van der Waals surface area contributed by atoms with E-state index in [0.29, 0.717) is 6.61 Å². The van der Waals surface area contributed by atoms with Crippen molar-refractivity contribution in [2.45, 2.75) is 11.2 Å². The van der Waals surface area contributed by atoms with Gasteiger partial charge < -0.3 is 13.8 Å². The van der Waals surface area contributed by atoms with Crippen LogP contribution in [0, 0.1) is 0 Å². The van der Waals surface area contributed by atoms with Gasteiger partial charge in [-0.15, -0.1) is 0 Å². The molecule has 0 heterocycles. The summed E-state index contributed by atoms with van der Waals surface area (Å²) >= 11 is -0.448. The predicted molar refractivity (Wildman–Crippen MR) is 72.5 cm³/mol. The van der Waals surface area contributed by atoms with E-state index in [9.17, 15) is 0 Å². The van der Waals surface area contributed by atoms with Crippen molar-refractivity contribution in [3.8, 4) is 5.75 Å². The minimum absolute atomic E-state index is 0.448. The minimum atomic E-state index is -0.448. The lowest BCUT2D eigenvalue weighted by Gasteiger charge is -2.07. The second-order valence-corrected chi connectivity index (χ2v) is 5.87. The molecule has 2 rings (SSSR count). The second-order valence-electron chi connectivity index (χ2n) is 3.86. The van der Waals surface area contributed by atoms with Crippen LogP contribution in [0.5, 0.6) is 5.75 Å². The molecule has 2 aromatic rings. The van der Waals surface area contributed by atoms with Crippen LogP contribution >= 0.6 is 9.07 Å². The molecule has 0 saturated carbocycles. The van der Waals surface area contributed by atoms with Gasteiger partial charge >= 0.3 is 19.3 Å². The van der Waals surface area contributed by atoms with Crippen LogP contribution in [-0.2, 0) is 11.2 Å².